The lowest BCUT2D eigenvalue weighted by atomic mass is 9.94. The summed E-state index contributed by atoms with van der Waals surface area (Å²) in [6.45, 7) is 6.06. The summed E-state index contributed by atoms with van der Waals surface area (Å²) >= 11 is 0. The van der Waals surface area contributed by atoms with Crippen molar-refractivity contribution in [2.24, 2.45) is 5.92 Å². The van der Waals surface area contributed by atoms with Crippen LogP contribution in [0, 0.1) is 5.92 Å². The van der Waals surface area contributed by atoms with Gasteiger partial charge in [0.1, 0.15) is 0 Å². The lowest BCUT2D eigenvalue weighted by molar-refractivity contribution is 0.0526. The number of morpholine rings is 1. The van der Waals surface area contributed by atoms with Gasteiger partial charge in [-0.1, -0.05) is 37.6 Å². The molecule has 1 aromatic carbocycles. The maximum Gasteiger partial charge on any atom is 0.0623 e. The van der Waals surface area contributed by atoms with E-state index in [4.69, 9.17) is 4.74 Å². The molecule has 0 bridgehead atoms. The average Bonchev–Trinajstić information content (AvgIpc) is 3.05. The van der Waals surface area contributed by atoms with E-state index in [0.717, 1.165) is 45.1 Å². The van der Waals surface area contributed by atoms with Gasteiger partial charge < -0.3 is 15.4 Å². The fraction of sp³-hybridized carbons (Fsp3) is 0.684. The Hall–Kier alpha value is -0.900. The summed E-state index contributed by atoms with van der Waals surface area (Å²) in [6.07, 6.45) is 6.26. The molecule has 2 aliphatic rings. The topological polar surface area (TPSA) is 33.3 Å². The first-order valence-corrected chi connectivity index (χ1v) is 8.99. The number of hydrogen-bond acceptors (Lipinski definition) is 3. The zero-order valence-corrected chi connectivity index (χ0v) is 13.8. The monoisotopic (exact) mass is 302 g/mol. The Morgan fingerprint density at radius 1 is 1.18 bits per heavy atom. The van der Waals surface area contributed by atoms with Gasteiger partial charge in [0.2, 0.25) is 0 Å². The van der Waals surface area contributed by atoms with Crippen LogP contribution in [0.2, 0.25) is 0 Å². The molecular formula is C19H30N2O. The molecule has 122 valence electrons. The molecule has 1 saturated heterocycles. The van der Waals surface area contributed by atoms with Crippen LogP contribution in [0.15, 0.2) is 24.3 Å². The van der Waals surface area contributed by atoms with Gasteiger partial charge >= 0.3 is 0 Å². The molecule has 1 aliphatic carbocycles. The van der Waals surface area contributed by atoms with Crippen molar-refractivity contribution < 1.29 is 4.74 Å². The Labute approximate surface area is 134 Å². The van der Waals surface area contributed by atoms with Crippen LogP contribution in [0.25, 0.3) is 0 Å². The highest BCUT2D eigenvalue weighted by molar-refractivity contribution is 5.22. The quantitative estimate of drug-likeness (QED) is 0.847. The third-order valence-corrected chi connectivity index (χ3v) is 5.29. The van der Waals surface area contributed by atoms with Crippen molar-refractivity contribution in [3.8, 4) is 0 Å². The minimum absolute atomic E-state index is 0.553. The molecule has 3 heteroatoms. The van der Waals surface area contributed by atoms with E-state index >= 15 is 0 Å². The summed E-state index contributed by atoms with van der Waals surface area (Å²) in [7, 11) is 0. The van der Waals surface area contributed by atoms with Gasteiger partial charge in [0.25, 0.3) is 0 Å². The molecule has 1 aliphatic heterocycles. The van der Waals surface area contributed by atoms with Crippen LogP contribution in [0.3, 0.4) is 0 Å². The van der Waals surface area contributed by atoms with Gasteiger partial charge in [-0.3, -0.25) is 0 Å². The van der Waals surface area contributed by atoms with Gasteiger partial charge in [-0.05, 0) is 49.3 Å². The zero-order chi connectivity index (χ0) is 15.2. The molecule has 0 radical (unpaired) electrons. The molecule has 3 nitrogen and oxygen atoms in total. The first kappa shape index (κ1) is 16.0. The number of rotatable bonds is 6. The van der Waals surface area contributed by atoms with Crippen LogP contribution >= 0.6 is 0 Å². The van der Waals surface area contributed by atoms with Crippen molar-refractivity contribution in [1.82, 2.24) is 10.6 Å². The second-order valence-electron chi connectivity index (χ2n) is 6.71. The van der Waals surface area contributed by atoms with E-state index in [1.807, 2.05) is 0 Å². The molecule has 22 heavy (non-hydrogen) atoms. The Balaban J connectivity index is 1.45. The smallest absolute Gasteiger partial charge is 0.0623 e. The zero-order valence-electron chi connectivity index (χ0n) is 13.8. The van der Waals surface area contributed by atoms with Crippen molar-refractivity contribution in [2.75, 3.05) is 26.3 Å². The van der Waals surface area contributed by atoms with Gasteiger partial charge in [0.15, 0.2) is 0 Å². The van der Waals surface area contributed by atoms with Gasteiger partial charge in [-0.15, -0.1) is 0 Å². The highest BCUT2D eigenvalue weighted by atomic mass is 16.5. The van der Waals surface area contributed by atoms with E-state index in [-0.39, 0.29) is 0 Å². The van der Waals surface area contributed by atoms with E-state index < -0.39 is 0 Å². The van der Waals surface area contributed by atoms with E-state index in [9.17, 15) is 0 Å². The lowest BCUT2D eigenvalue weighted by Crippen LogP contribution is -2.51. The molecule has 0 aromatic heterocycles. The van der Waals surface area contributed by atoms with Gasteiger partial charge in [0, 0.05) is 18.6 Å². The number of benzene rings is 1. The first-order valence-electron chi connectivity index (χ1n) is 8.99. The molecule has 0 spiro atoms. The third-order valence-electron chi connectivity index (χ3n) is 5.29. The maximum absolute atomic E-state index is 5.65. The van der Waals surface area contributed by atoms with Gasteiger partial charge in [-0.25, -0.2) is 0 Å². The number of aryl methyl sites for hydroxylation is 1. The van der Waals surface area contributed by atoms with E-state index in [2.05, 4.69) is 41.8 Å². The highest BCUT2D eigenvalue weighted by Crippen LogP contribution is 2.29. The van der Waals surface area contributed by atoms with Gasteiger partial charge in [-0.2, -0.15) is 0 Å². The Bertz CT molecular complexity index is 439. The lowest BCUT2D eigenvalue weighted by Gasteiger charge is -2.33. The molecule has 1 saturated carbocycles. The molecule has 1 heterocycles. The summed E-state index contributed by atoms with van der Waals surface area (Å²) < 4.78 is 5.65. The SMILES string of the molecule is CCc1ccc(CCNC2CCCC2C2COCCN2)cc1. The molecular weight excluding hydrogens is 272 g/mol. The predicted octanol–water partition coefficient (Wildman–Crippen LogP) is 2.54. The fourth-order valence-corrected chi connectivity index (χ4v) is 3.93. The van der Waals surface area contributed by atoms with Crippen LogP contribution in [-0.4, -0.2) is 38.4 Å². The van der Waals surface area contributed by atoms with Crippen molar-refractivity contribution >= 4 is 0 Å². The van der Waals surface area contributed by atoms with Crippen LogP contribution in [0.4, 0.5) is 0 Å². The Morgan fingerprint density at radius 2 is 2.00 bits per heavy atom. The fourth-order valence-electron chi connectivity index (χ4n) is 3.93. The summed E-state index contributed by atoms with van der Waals surface area (Å²) in [6, 6.07) is 10.3. The summed E-state index contributed by atoms with van der Waals surface area (Å²) in [4.78, 5) is 0. The van der Waals surface area contributed by atoms with E-state index in [1.54, 1.807) is 0 Å². The summed E-state index contributed by atoms with van der Waals surface area (Å²) in [5.41, 5.74) is 2.87. The molecule has 3 atom stereocenters. The van der Waals surface area contributed by atoms with Crippen molar-refractivity contribution in [3.05, 3.63) is 35.4 Å². The van der Waals surface area contributed by atoms with E-state index in [0.29, 0.717) is 12.1 Å². The van der Waals surface area contributed by atoms with Crippen molar-refractivity contribution in [3.63, 3.8) is 0 Å². The summed E-state index contributed by atoms with van der Waals surface area (Å²) in [5, 5.41) is 7.46. The summed E-state index contributed by atoms with van der Waals surface area (Å²) in [5.74, 6) is 0.739. The largest absolute Gasteiger partial charge is 0.379 e. The third kappa shape index (κ3) is 4.09. The number of hydrogen-bond donors (Lipinski definition) is 2. The molecule has 2 fully saturated rings. The molecule has 3 unspecified atom stereocenters. The molecule has 0 amide bonds. The molecule has 3 rings (SSSR count). The molecule has 2 N–H and O–H groups in total. The highest BCUT2D eigenvalue weighted by Gasteiger charge is 2.34. The minimum Gasteiger partial charge on any atom is -0.379 e. The Morgan fingerprint density at radius 3 is 2.73 bits per heavy atom. The van der Waals surface area contributed by atoms with E-state index in [1.165, 1.54) is 30.4 Å². The minimum atomic E-state index is 0.553. The second kappa shape index (κ2) is 8.09. The van der Waals surface area contributed by atoms with Crippen LogP contribution in [0.5, 0.6) is 0 Å². The van der Waals surface area contributed by atoms with Crippen LogP contribution < -0.4 is 10.6 Å². The standard InChI is InChI=1S/C19H30N2O/c1-2-15-6-8-16(9-7-15)10-11-20-18-5-3-4-17(18)19-14-22-13-12-21-19/h6-9,17-21H,2-5,10-14H2,1H3. The predicted molar refractivity (Wildman–Crippen MR) is 91.3 cm³/mol. The Kier molecular flexibility index (Phi) is 5.88. The maximum atomic E-state index is 5.65. The van der Waals surface area contributed by atoms with Crippen LogP contribution in [-0.2, 0) is 17.6 Å². The van der Waals surface area contributed by atoms with Crippen molar-refractivity contribution in [1.29, 1.82) is 0 Å². The first-order chi connectivity index (χ1) is 10.9. The average molecular weight is 302 g/mol. The molecule has 1 aromatic rings. The van der Waals surface area contributed by atoms with Gasteiger partial charge in [0.05, 0.1) is 13.2 Å². The normalized spacial score (nSPS) is 28.9. The van der Waals surface area contributed by atoms with Crippen LogP contribution in [0.1, 0.15) is 37.3 Å². The number of nitrogens with one attached hydrogen (secondary N) is 2. The van der Waals surface area contributed by atoms with Crippen molar-refractivity contribution in [2.45, 2.75) is 51.1 Å². The second-order valence-corrected chi connectivity index (χ2v) is 6.71. The number of ether oxygens (including phenoxy) is 1.